The van der Waals surface area contributed by atoms with Gasteiger partial charge in [-0.1, -0.05) is 13.8 Å². The molecule has 3 N–H and O–H groups in total. The SMILES string of the molecule is CC(CCC(=O)O)NC(=O)NC(CN(C)C)C(C)C. The van der Waals surface area contributed by atoms with Gasteiger partial charge >= 0.3 is 12.0 Å². The van der Waals surface area contributed by atoms with Crippen molar-refractivity contribution in [2.24, 2.45) is 5.92 Å². The lowest BCUT2D eigenvalue weighted by atomic mass is 10.0. The summed E-state index contributed by atoms with van der Waals surface area (Å²) in [5.41, 5.74) is 0. The number of rotatable bonds is 8. The topological polar surface area (TPSA) is 81.7 Å². The van der Waals surface area contributed by atoms with Crippen LogP contribution in [0.4, 0.5) is 4.79 Å². The number of aliphatic carboxylic acids is 1. The molecule has 0 aromatic carbocycles. The fraction of sp³-hybridized carbons (Fsp3) is 0.846. The number of likely N-dealkylation sites (N-methyl/N-ethyl adjacent to an activating group) is 1. The molecule has 19 heavy (non-hydrogen) atoms. The number of hydrogen-bond acceptors (Lipinski definition) is 3. The molecule has 0 bridgehead atoms. The van der Waals surface area contributed by atoms with E-state index in [4.69, 9.17) is 5.11 Å². The third-order valence-corrected chi connectivity index (χ3v) is 2.85. The van der Waals surface area contributed by atoms with Gasteiger partial charge in [-0.05, 0) is 33.4 Å². The van der Waals surface area contributed by atoms with Crippen molar-refractivity contribution in [3.63, 3.8) is 0 Å². The molecule has 0 aliphatic heterocycles. The highest BCUT2D eigenvalue weighted by atomic mass is 16.4. The monoisotopic (exact) mass is 273 g/mol. The third-order valence-electron chi connectivity index (χ3n) is 2.85. The average Bonchev–Trinajstić information content (AvgIpc) is 2.24. The molecule has 2 atom stereocenters. The maximum Gasteiger partial charge on any atom is 0.315 e. The molecule has 0 radical (unpaired) electrons. The largest absolute Gasteiger partial charge is 0.481 e. The number of amides is 2. The van der Waals surface area contributed by atoms with Crippen LogP contribution in [-0.2, 0) is 4.79 Å². The van der Waals surface area contributed by atoms with Crippen molar-refractivity contribution in [3.05, 3.63) is 0 Å². The molecule has 0 fully saturated rings. The first-order valence-corrected chi connectivity index (χ1v) is 6.66. The number of hydrogen-bond donors (Lipinski definition) is 3. The Kier molecular flexibility index (Phi) is 8.14. The van der Waals surface area contributed by atoms with E-state index in [0.717, 1.165) is 6.54 Å². The van der Waals surface area contributed by atoms with Crippen LogP contribution in [0.2, 0.25) is 0 Å². The van der Waals surface area contributed by atoms with Gasteiger partial charge in [0.2, 0.25) is 0 Å². The van der Waals surface area contributed by atoms with E-state index >= 15 is 0 Å². The van der Waals surface area contributed by atoms with Crippen molar-refractivity contribution in [1.82, 2.24) is 15.5 Å². The summed E-state index contributed by atoms with van der Waals surface area (Å²) < 4.78 is 0. The van der Waals surface area contributed by atoms with Gasteiger partial charge in [-0.2, -0.15) is 0 Å². The number of urea groups is 1. The highest BCUT2D eigenvalue weighted by Crippen LogP contribution is 2.03. The van der Waals surface area contributed by atoms with Crippen LogP contribution >= 0.6 is 0 Å². The molecule has 0 rings (SSSR count). The molecule has 0 spiro atoms. The van der Waals surface area contributed by atoms with Crippen LogP contribution < -0.4 is 10.6 Å². The summed E-state index contributed by atoms with van der Waals surface area (Å²) in [7, 11) is 3.93. The highest BCUT2D eigenvalue weighted by molar-refractivity contribution is 5.74. The second kappa shape index (κ2) is 8.74. The number of nitrogens with zero attached hydrogens (tertiary/aromatic N) is 1. The standard InChI is InChI=1S/C13H27N3O3/c1-9(2)11(8-16(4)5)15-13(19)14-10(3)6-7-12(17)18/h9-11H,6-8H2,1-5H3,(H,17,18)(H2,14,15,19). The number of carbonyl (C=O) groups excluding carboxylic acids is 1. The summed E-state index contributed by atoms with van der Waals surface area (Å²) in [5, 5.41) is 14.3. The molecule has 6 heteroatoms. The lowest BCUT2D eigenvalue weighted by molar-refractivity contribution is -0.137. The number of carboxylic acids is 1. The zero-order valence-electron chi connectivity index (χ0n) is 12.6. The van der Waals surface area contributed by atoms with Crippen molar-refractivity contribution >= 4 is 12.0 Å². The Balaban J connectivity index is 4.15. The van der Waals surface area contributed by atoms with E-state index in [9.17, 15) is 9.59 Å². The fourth-order valence-electron chi connectivity index (χ4n) is 1.66. The molecular formula is C13H27N3O3. The molecule has 112 valence electrons. The van der Waals surface area contributed by atoms with Gasteiger partial charge in [-0.25, -0.2) is 4.79 Å². The maximum absolute atomic E-state index is 11.8. The van der Waals surface area contributed by atoms with E-state index < -0.39 is 5.97 Å². The van der Waals surface area contributed by atoms with Crippen LogP contribution in [0, 0.1) is 5.92 Å². The smallest absolute Gasteiger partial charge is 0.315 e. The number of carbonyl (C=O) groups is 2. The summed E-state index contributed by atoms with van der Waals surface area (Å²) in [6, 6.07) is -0.316. The minimum absolute atomic E-state index is 0.0623. The van der Waals surface area contributed by atoms with Gasteiger partial charge in [0.15, 0.2) is 0 Å². The zero-order valence-corrected chi connectivity index (χ0v) is 12.6. The van der Waals surface area contributed by atoms with Crippen LogP contribution in [0.15, 0.2) is 0 Å². The Bertz CT molecular complexity index is 293. The summed E-state index contributed by atoms with van der Waals surface area (Å²) >= 11 is 0. The molecular weight excluding hydrogens is 246 g/mol. The van der Waals surface area contributed by atoms with Crippen molar-refractivity contribution in [2.45, 2.75) is 45.7 Å². The minimum Gasteiger partial charge on any atom is -0.481 e. The molecule has 0 aromatic heterocycles. The van der Waals surface area contributed by atoms with Gasteiger partial charge < -0.3 is 20.6 Å². The van der Waals surface area contributed by atoms with E-state index in [0.29, 0.717) is 12.3 Å². The molecule has 0 aliphatic rings. The second-order valence-electron chi connectivity index (χ2n) is 5.56. The summed E-state index contributed by atoms with van der Waals surface area (Å²) in [4.78, 5) is 24.3. The maximum atomic E-state index is 11.8. The molecule has 0 heterocycles. The van der Waals surface area contributed by atoms with Crippen LogP contribution in [0.25, 0.3) is 0 Å². The number of carboxylic acid groups (broad SMARTS) is 1. The number of nitrogens with one attached hydrogen (secondary N) is 2. The molecule has 0 aromatic rings. The van der Waals surface area contributed by atoms with Crippen LogP contribution in [-0.4, -0.2) is 54.7 Å². The predicted octanol–water partition coefficient (Wildman–Crippen LogP) is 1.13. The van der Waals surface area contributed by atoms with Gasteiger partial charge in [0.1, 0.15) is 0 Å². The van der Waals surface area contributed by atoms with Crippen molar-refractivity contribution < 1.29 is 14.7 Å². The highest BCUT2D eigenvalue weighted by Gasteiger charge is 2.18. The molecule has 0 aliphatic carbocycles. The van der Waals surface area contributed by atoms with E-state index in [2.05, 4.69) is 24.5 Å². The van der Waals surface area contributed by atoms with E-state index in [-0.39, 0.29) is 24.5 Å². The van der Waals surface area contributed by atoms with Gasteiger partial charge in [-0.3, -0.25) is 4.79 Å². The normalized spacial score (nSPS) is 14.3. The first-order chi connectivity index (χ1) is 8.72. The van der Waals surface area contributed by atoms with E-state index in [1.165, 1.54) is 0 Å². The summed E-state index contributed by atoms with van der Waals surface area (Å²) in [6.45, 7) is 6.69. The van der Waals surface area contributed by atoms with E-state index in [1.807, 2.05) is 19.0 Å². The van der Waals surface area contributed by atoms with Crippen LogP contribution in [0.5, 0.6) is 0 Å². The predicted molar refractivity (Wildman–Crippen MR) is 75.2 cm³/mol. The second-order valence-corrected chi connectivity index (χ2v) is 5.56. The minimum atomic E-state index is -0.846. The van der Waals surface area contributed by atoms with Crippen molar-refractivity contribution in [1.29, 1.82) is 0 Å². The molecule has 6 nitrogen and oxygen atoms in total. The van der Waals surface area contributed by atoms with Crippen molar-refractivity contribution in [2.75, 3.05) is 20.6 Å². The van der Waals surface area contributed by atoms with Crippen LogP contribution in [0.3, 0.4) is 0 Å². The fourth-order valence-corrected chi connectivity index (χ4v) is 1.66. The molecule has 2 unspecified atom stereocenters. The zero-order chi connectivity index (χ0) is 15.0. The Morgan fingerprint density at radius 1 is 1.16 bits per heavy atom. The van der Waals surface area contributed by atoms with Crippen LogP contribution in [0.1, 0.15) is 33.6 Å². The quantitative estimate of drug-likeness (QED) is 0.619. The third kappa shape index (κ3) is 9.30. The summed E-state index contributed by atoms with van der Waals surface area (Å²) in [5.74, 6) is -0.510. The lowest BCUT2D eigenvalue weighted by Gasteiger charge is -2.26. The Hall–Kier alpha value is -1.30. The Labute approximate surface area is 115 Å². The lowest BCUT2D eigenvalue weighted by Crippen LogP contribution is -2.50. The average molecular weight is 273 g/mol. The van der Waals surface area contributed by atoms with Gasteiger partial charge in [0, 0.05) is 25.0 Å². The Morgan fingerprint density at radius 2 is 1.74 bits per heavy atom. The summed E-state index contributed by atoms with van der Waals surface area (Å²) in [6.07, 6.45) is 0.496. The molecule has 0 saturated carbocycles. The van der Waals surface area contributed by atoms with E-state index in [1.54, 1.807) is 6.92 Å². The Morgan fingerprint density at radius 3 is 2.16 bits per heavy atom. The molecule has 2 amide bonds. The van der Waals surface area contributed by atoms with Gasteiger partial charge in [0.05, 0.1) is 0 Å². The first kappa shape index (κ1) is 17.7. The van der Waals surface area contributed by atoms with Gasteiger partial charge in [-0.15, -0.1) is 0 Å². The van der Waals surface area contributed by atoms with Crippen molar-refractivity contribution in [3.8, 4) is 0 Å². The first-order valence-electron chi connectivity index (χ1n) is 6.66. The molecule has 0 saturated heterocycles. The van der Waals surface area contributed by atoms with Gasteiger partial charge in [0.25, 0.3) is 0 Å².